The zero-order valence-electron chi connectivity index (χ0n) is 8.82. The van der Waals surface area contributed by atoms with E-state index in [1.54, 1.807) is 6.07 Å². The van der Waals surface area contributed by atoms with Crippen LogP contribution in [-0.2, 0) is 0 Å². The second kappa shape index (κ2) is 4.84. The molecule has 1 saturated heterocycles. The van der Waals surface area contributed by atoms with Gasteiger partial charge < -0.3 is 10.0 Å². The van der Waals surface area contributed by atoms with Crippen molar-refractivity contribution in [2.45, 2.75) is 25.3 Å². The van der Waals surface area contributed by atoms with Gasteiger partial charge in [0.1, 0.15) is 11.0 Å². The second-order valence-corrected chi connectivity index (χ2v) is 4.33. The van der Waals surface area contributed by atoms with Gasteiger partial charge in [0.2, 0.25) is 0 Å². The number of rotatable bonds is 2. The highest BCUT2D eigenvalue weighted by atomic mass is 35.5. The molecular weight excluding hydrogens is 230 g/mol. The van der Waals surface area contributed by atoms with Crippen molar-refractivity contribution >= 4 is 17.4 Å². The summed E-state index contributed by atoms with van der Waals surface area (Å²) in [5.41, 5.74) is -0.454. The predicted molar refractivity (Wildman–Crippen MR) is 61.9 cm³/mol. The summed E-state index contributed by atoms with van der Waals surface area (Å²) < 4.78 is 0. The van der Waals surface area contributed by atoms with E-state index in [1.165, 1.54) is 0 Å². The number of halogens is 1. The summed E-state index contributed by atoms with van der Waals surface area (Å²) in [4.78, 5) is 19.4. The molecule has 0 unspecified atom stereocenters. The first-order chi connectivity index (χ1) is 7.70. The van der Waals surface area contributed by atoms with Crippen LogP contribution in [0.2, 0.25) is 5.15 Å². The van der Waals surface area contributed by atoms with Crippen LogP contribution in [0.15, 0.2) is 10.9 Å². The number of H-pyrrole nitrogens is 1. The van der Waals surface area contributed by atoms with Gasteiger partial charge in [0, 0.05) is 12.6 Å². The van der Waals surface area contributed by atoms with Gasteiger partial charge in [-0.15, -0.1) is 0 Å². The molecule has 5 nitrogen and oxygen atoms in total. The number of hydrogen-bond acceptors (Lipinski definition) is 4. The molecule has 1 atom stereocenters. The third-order valence-electron chi connectivity index (χ3n) is 2.83. The van der Waals surface area contributed by atoms with E-state index in [2.05, 4.69) is 9.97 Å². The molecule has 88 valence electrons. The summed E-state index contributed by atoms with van der Waals surface area (Å²) in [6.45, 7) is 0.879. The first kappa shape index (κ1) is 11.4. The van der Waals surface area contributed by atoms with E-state index in [0.717, 1.165) is 25.8 Å². The van der Waals surface area contributed by atoms with E-state index in [9.17, 15) is 9.90 Å². The Morgan fingerprint density at radius 2 is 2.44 bits per heavy atom. The predicted octanol–water partition coefficient (Wildman–Crippen LogP) is 0.774. The van der Waals surface area contributed by atoms with Crippen molar-refractivity contribution in [3.05, 3.63) is 21.7 Å². The zero-order valence-corrected chi connectivity index (χ0v) is 9.57. The van der Waals surface area contributed by atoms with Gasteiger partial charge in [-0.1, -0.05) is 11.6 Å². The Bertz CT molecular complexity index is 421. The van der Waals surface area contributed by atoms with Crippen LogP contribution in [0, 0.1) is 0 Å². The maximum atomic E-state index is 11.2. The van der Waals surface area contributed by atoms with Gasteiger partial charge in [-0.3, -0.25) is 4.98 Å². The van der Waals surface area contributed by atoms with Crippen LogP contribution in [0.1, 0.15) is 19.3 Å². The highest BCUT2D eigenvalue weighted by molar-refractivity contribution is 6.29. The van der Waals surface area contributed by atoms with Crippen molar-refractivity contribution in [3.8, 4) is 0 Å². The molecule has 2 heterocycles. The first-order valence-corrected chi connectivity index (χ1v) is 5.73. The normalized spacial score (nSPS) is 21.1. The van der Waals surface area contributed by atoms with Crippen LogP contribution < -0.4 is 10.6 Å². The molecular formula is C10H14ClN3O2. The molecule has 16 heavy (non-hydrogen) atoms. The molecule has 1 aromatic rings. The quantitative estimate of drug-likeness (QED) is 0.753. The van der Waals surface area contributed by atoms with E-state index in [1.807, 2.05) is 4.90 Å². The van der Waals surface area contributed by atoms with Crippen LogP contribution in [-0.4, -0.2) is 34.3 Å². The largest absolute Gasteiger partial charge is 0.394 e. The molecule has 6 heteroatoms. The fourth-order valence-corrected chi connectivity index (χ4v) is 2.23. The average molecular weight is 244 g/mol. The SMILES string of the molecule is O=c1nc(N2CCCC[C@H]2CO)cc(Cl)[nH]1. The summed E-state index contributed by atoms with van der Waals surface area (Å²) in [6.07, 6.45) is 3.06. The van der Waals surface area contributed by atoms with Crippen molar-refractivity contribution in [1.82, 2.24) is 9.97 Å². The summed E-state index contributed by atoms with van der Waals surface area (Å²) in [7, 11) is 0. The fraction of sp³-hybridized carbons (Fsp3) is 0.600. The van der Waals surface area contributed by atoms with Gasteiger partial charge >= 0.3 is 5.69 Å². The standard InChI is InChI=1S/C10H14ClN3O2/c11-8-5-9(13-10(16)12-8)14-4-2-1-3-7(14)6-15/h5,7,15H,1-4,6H2,(H,12,13,16)/t7-/m0/s1. The molecule has 0 aliphatic carbocycles. The molecule has 0 aromatic carbocycles. The van der Waals surface area contributed by atoms with Gasteiger partial charge in [0.15, 0.2) is 0 Å². The average Bonchev–Trinajstić information content (AvgIpc) is 2.27. The van der Waals surface area contributed by atoms with E-state index in [4.69, 9.17) is 11.6 Å². The topological polar surface area (TPSA) is 69.2 Å². The number of aliphatic hydroxyl groups is 1. The molecule has 1 aliphatic heterocycles. The van der Waals surface area contributed by atoms with Crippen LogP contribution in [0.25, 0.3) is 0 Å². The number of aromatic nitrogens is 2. The van der Waals surface area contributed by atoms with Crippen LogP contribution >= 0.6 is 11.6 Å². The van der Waals surface area contributed by atoms with Crippen molar-refractivity contribution in [1.29, 1.82) is 0 Å². The minimum atomic E-state index is -0.454. The van der Waals surface area contributed by atoms with E-state index < -0.39 is 5.69 Å². The summed E-state index contributed by atoms with van der Waals surface area (Å²) in [5, 5.41) is 9.55. The molecule has 0 amide bonds. The summed E-state index contributed by atoms with van der Waals surface area (Å²) in [6, 6.07) is 1.66. The number of hydrogen-bond donors (Lipinski definition) is 2. The van der Waals surface area contributed by atoms with Gasteiger partial charge in [0.05, 0.1) is 12.6 Å². The molecule has 2 N–H and O–H groups in total. The lowest BCUT2D eigenvalue weighted by molar-refractivity contribution is 0.239. The van der Waals surface area contributed by atoms with E-state index in [0.29, 0.717) is 5.82 Å². The van der Waals surface area contributed by atoms with Gasteiger partial charge in [-0.05, 0) is 19.3 Å². The molecule has 0 spiro atoms. The van der Waals surface area contributed by atoms with E-state index >= 15 is 0 Å². The number of nitrogens with one attached hydrogen (secondary N) is 1. The molecule has 0 radical (unpaired) electrons. The van der Waals surface area contributed by atoms with Gasteiger partial charge in [0.25, 0.3) is 0 Å². The molecule has 0 saturated carbocycles. The highest BCUT2D eigenvalue weighted by Gasteiger charge is 2.23. The van der Waals surface area contributed by atoms with Crippen LogP contribution in [0.3, 0.4) is 0 Å². The molecule has 1 aliphatic rings. The minimum Gasteiger partial charge on any atom is -0.394 e. The number of aliphatic hydroxyl groups excluding tert-OH is 1. The minimum absolute atomic E-state index is 0.0408. The first-order valence-electron chi connectivity index (χ1n) is 5.35. The molecule has 0 bridgehead atoms. The molecule has 1 aromatic heterocycles. The Morgan fingerprint density at radius 1 is 1.62 bits per heavy atom. The van der Waals surface area contributed by atoms with Crippen LogP contribution in [0.5, 0.6) is 0 Å². The lowest BCUT2D eigenvalue weighted by Gasteiger charge is -2.35. The number of piperidine rings is 1. The Hall–Kier alpha value is -1.07. The maximum Gasteiger partial charge on any atom is 0.348 e. The summed E-state index contributed by atoms with van der Waals surface area (Å²) >= 11 is 5.78. The third kappa shape index (κ3) is 2.36. The van der Waals surface area contributed by atoms with Crippen LogP contribution in [0.4, 0.5) is 5.82 Å². The number of aromatic amines is 1. The summed E-state index contributed by atoms with van der Waals surface area (Å²) in [5.74, 6) is 0.549. The maximum absolute atomic E-state index is 11.2. The van der Waals surface area contributed by atoms with Gasteiger partial charge in [-0.25, -0.2) is 4.79 Å². The number of nitrogens with zero attached hydrogens (tertiary/aromatic N) is 2. The smallest absolute Gasteiger partial charge is 0.348 e. The highest BCUT2D eigenvalue weighted by Crippen LogP contribution is 2.23. The Morgan fingerprint density at radius 3 is 3.12 bits per heavy atom. The number of anilines is 1. The Balaban J connectivity index is 2.30. The monoisotopic (exact) mass is 243 g/mol. The Kier molecular flexibility index (Phi) is 3.46. The Labute approximate surface area is 98.1 Å². The van der Waals surface area contributed by atoms with E-state index in [-0.39, 0.29) is 17.8 Å². The fourth-order valence-electron chi connectivity index (χ4n) is 2.05. The molecule has 2 rings (SSSR count). The van der Waals surface area contributed by atoms with Crippen molar-refractivity contribution in [2.75, 3.05) is 18.1 Å². The van der Waals surface area contributed by atoms with Crippen molar-refractivity contribution < 1.29 is 5.11 Å². The third-order valence-corrected chi connectivity index (χ3v) is 3.03. The second-order valence-electron chi connectivity index (χ2n) is 3.92. The van der Waals surface area contributed by atoms with Gasteiger partial charge in [-0.2, -0.15) is 4.98 Å². The zero-order chi connectivity index (χ0) is 11.5. The van der Waals surface area contributed by atoms with Crippen molar-refractivity contribution in [2.24, 2.45) is 0 Å². The van der Waals surface area contributed by atoms with Crippen molar-refractivity contribution in [3.63, 3.8) is 0 Å². The molecule has 1 fully saturated rings. The lowest BCUT2D eigenvalue weighted by atomic mass is 10.0. The lowest BCUT2D eigenvalue weighted by Crippen LogP contribution is -2.43.